The van der Waals surface area contributed by atoms with Gasteiger partial charge in [0.05, 0.1) is 5.02 Å². The molecule has 12 heavy (non-hydrogen) atoms. The summed E-state index contributed by atoms with van der Waals surface area (Å²) in [6.45, 7) is 0. The van der Waals surface area contributed by atoms with E-state index in [0.29, 0.717) is 10.6 Å². The van der Waals surface area contributed by atoms with Gasteiger partial charge in [-0.05, 0) is 12.1 Å². The number of para-hydroxylation sites is 1. The maximum atomic E-state index is 10.9. The lowest BCUT2D eigenvalue weighted by Gasteiger charge is -1.95. The summed E-state index contributed by atoms with van der Waals surface area (Å²) in [5.41, 5.74) is 0.105. The van der Waals surface area contributed by atoms with Gasteiger partial charge in [0.25, 0.3) is 0 Å². The Bertz CT molecular complexity index is 473. The Morgan fingerprint density at radius 2 is 2.00 bits per heavy atom. The molecule has 1 aromatic carbocycles. The summed E-state index contributed by atoms with van der Waals surface area (Å²) in [7, 11) is 0. The van der Waals surface area contributed by atoms with Crippen LogP contribution in [0.25, 0.3) is 11.0 Å². The van der Waals surface area contributed by atoms with E-state index in [0.717, 1.165) is 5.39 Å². The van der Waals surface area contributed by atoms with Crippen molar-refractivity contribution < 1.29 is 4.42 Å². The van der Waals surface area contributed by atoms with E-state index in [1.807, 2.05) is 6.07 Å². The second-order valence-corrected chi connectivity index (χ2v) is 2.82. The van der Waals surface area contributed by atoms with Gasteiger partial charge >= 0.3 is 5.63 Å². The molecular weight excluding hydrogens is 176 g/mol. The molecule has 60 valence electrons. The zero-order valence-corrected chi connectivity index (χ0v) is 6.84. The van der Waals surface area contributed by atoms with E-state index in [2.05, 4.69) is 0 Å². The smallest absolute Gasteiger partial charge is 0.337 e. The molecule has 0 spiro atoms. The maximum absolute atomic E-state index is 10.9. The molecule has 0 aliphatic heterocycles. The lowest BCUT2D eigenvalue weighted by molar-refractivity contribution is 0.561. The van der Waals surface area contributed by atoms with E-state index in [1.165, 1.54) is 6.07 Å². The average molecular weight is 181 g/mol. The lowest BCUT2D eigenvalue weighted by Crippen LogP contribution is -1.95. The van der Waals surface area contributed by atoms with Crippen LogP contribution in [0.4, 0.5) is 0 Å². The molecule has 0 saturated carbocycles. The van der Waals surface area contributed by atoms with E-state index in [9.17, 15) is 4.79 Å². The second-order valence-electron chi connectivity index (χ2n) is 2.41. The van der Waals surface area contributed by atoms with Gasteiger partial charge in [-0.1, -0.05) is 23.7 Å². The molecule has 1 aromatic heterocycles. The van der Waals surface area contributed by atoms with Gasteiger partial charge < -0.3 is 4.42 Å². The molecule has 3 heteroatoms. The third-order valence-corrected chi connectivity index (χ3v) is 1.91. The van der Waals surface area contributed by atoms with E-state index in [-0.39, 0.29) is 0 Å². The van der Waals surface area contributed by atoms with Gasteiger partial charge in [-0.15, -0.1) is 0 Å². The van der Waals surface area contributed by atoms with E-state index in [4.69, 9.17) is 16.0 Å². The van der Waals surface area contributed by atoms with Crippen molar-refractivity contribution in [2.24, 2.45) is 0 Å². The van der Waals surface area contributed by atoms with Crippen LogP contribution in [0.1, 0.15) is 0 Å². The first-order valence-electron chi connectivity index (χ1n) is 3.46. The van der Waals surface area contributed by atoms with Gasteiger partial charge in [0.15, 0.2) is 0 Å². The minimum atomic E-state index is -0.418. The summed E-state index contributed by atoms with van der Waals surface area (Å²) in [6, 6.07) is 8.42. The molecule has 0 bridgehead atoms. The predicted molar refractivity (Wildman–Crippen MR) is 47.5 cm³/mol. The molecule has 0 radical (unpaired) electrons. The summed E-state index contributed by atoms with van der Waals surface area (Å²) < 4.78 is 4.90. The average Bonchev–Trinajstić information content (AvgIpc) is 2.04. The maximum Gasteiger partial charge on any atom is 0.337 e. The highest BCUT2D eigenvalue weighted by Gasteiger charge is 2.00. The van der Waals surface area contributed by atoms with Crippen LogP contribution in [0.5, 0.6) is 0 Å². The van der Waals surface area contributed by atoms with Gasteiger partial charge in [0, 0.05) is 11.5 Å². The molecule has 2 aromatic rings. The summed E-state index contributed by atoms with van der Waals surface area (Å²) >= 11 is 5.80. The number of fused-ring (bicyclic) bond motifs is 1. The fourth-order valence-corrected chi connectivity index (χ4v) is 1.32. The highest BCUT2D eigenvalue weighted by Crippen LogP contribution is 2.20. The molecular formula is C9H5ClO2. The predicted octanol–water partition coefficient (Wildman–Crippen LogP) is 2.45. The minimum absolute atomic E-state index is 0.418. The zero-order chi connectivity index (χ0) is 8.55. The van der Waals surface area contributed by atoms with Gasteiger partial charge in [0.2, 0.25) is 0 Å². The third-order valence-electron chi connectivity index (χ3n) is 1.60. The monoisotopic (exact) mass is 180 g/mol. The molecule has 0 atom stereocenters. The highest BCUT2D eigenvalue weighted by molar-refractivity contribution is 6.35. The fourth-order valence-electron chi connectivity index (χ4n) is 1.07. The first kappa shape index (κ1) is 7.37. The first-order chi connectivity index (χ1) is 5.77. The second kappa shape index (κ2) is 2.64. The SMILES string of the molecule is O=c1cc(Cl)c2ccccc2o1. The molecule has 0 saturated heterocycles. The van der Waals surface area contributed by atoms with E-state index < -0.39 is 5.63 Å². The van der Waals surface area contributed by atoms with Gasteiger partial charge in [-0.25, -0.2) is 4.79 Å². The Morgan fingerprint density at radius 3 is 2.83 bits per heavy atom. The van der Waals surface area contributed by atoms with Crippen molar-refractivity contribution in [1.82, 2.24) is 0 Å². The van der Waals surface area contributed by atoms with Crippen molar-refractivity contribution in [3.05, 3.63) is 45.8 Å². The summed E-state index contributed by atoms with van der Waals surface area (Å²) in [4.78, 5) is 10.9. The number of hydrogen-bond acceptors (Lipinski definition) is 2. The number of benzene rings is 1. The molecule has 1 heterocycles. The van der Waals surface area contributed by atoms with Crippen LogP contribution >= 0.6 is 11.6 Å². The molecule has 2 nitrogen and oxygen atoms in total. The van der Waals surface area contributed by atoms with Gasteiger partial charge in [0.1, 0.15) is 5.58 Å². The summed E-state index contributed by atoms with van der Waals surface area (Å²) in [5, 5.41) is 1.20. The summed E-state index contributed by atoms with van der Waals surface area (Å²) in [5.74, 6) is 0. The highest BCUT2D eigenvalue weighted by atomic mass is 35.5. The van der Waals surface area contributed by atoms with Crippen LogP contribution in [0.2, 0.25) is 5.02 Å². The van der Waals surface area contributed by atoms with E-state index in [1.54, 1.807) is 18.2 Å². The Morgan fingerprint density at radius 1 is 1.25 bits per heavy atom. The number of halogens is 1. The lowest BCUT2D eigenvalue weighted by atomic mass is 10.2. The molecule has 2 rings (SSSR count). The largest absolute Gasteiger partial charge is 0.423 e. The number of hydrogen-bond donors (Lipinski definition) is 0. The summed E-state index contributed by atoms with van der Waals surface area (Å²) in [6.07, 6.45) is 0. The Kier molecular flexibility index (Phi) is 1.62. The van der Waals surface area contributed by atoms with Gasteiger partial charge in [-0.3, -0.25) is 0 Å². The van der Waals surface area contributed by atoms with Crippen LogP contribution in [-0.4, -0.2) is 0 Å². The molecule has 0 N–H and O–H groups in total. The van der Waals surface area contributed by atoms with Crippen molar-refractivity contribution in [1.29, 1.82) is 0 Å². The van der Waals surface area contributed by atoms with Crippen molar-refractivity contribution in [3.63, 3.8) is 0 Å². The molecule has 0 aliphatic carbocycles. The molecule has 0 aliphatic rings. The Balaban J connectivity index is 2.99. The first-order valence-corrected chi connectivity index (χ1v) is 3.83. The van der Waals surface area contributed by atoms with Crippen molar-refractivity contribution >= 4 is 22.6 Å². The molecule has 0 fully saturated rings. The van der Waals surface area contributed by atoms with E-state index >= 15 is 0 Å². The van der Waals surface area contributed by atoms with Crippen molar-refractivity contribution in [2.45, 2.75) is 0 Å². The van der Waals surface area contributed by atoms with Crippen LogP contribution in [0.3, 0.4) is 0 Å². The standard InChI is InChI=1S/C9H5ClO2/c10-7-5-9(11)12-8-4-2-1-3-6(7)8/h1-5H. The fraction of sp³-hybridized carbons (Fsp3) is 0. The van der Waals surface area contributed by atoms with Crippen LogP contribution in [0, 0.1) is 0 Å². The molecule has 0 unspecified atom stereocenters. The van der Waals surface area contributed by atoms with Crippen LogP contribution in [0.15, 0.2) is 39.5 Å². The van der Waals surface area contributed by atoms with Gasteiger partial charge in [-0.2, -0.15) is 0 Å². The Labute approximate surface area is 73.4 Å². The third kappa shape index (κ3) is 1.10. The zero-order valence-electron chi connectivity index (χ0n) is 6.08. The van der Waals surface area contributed by atoms with Crippen LogP contribution < -0.4 is 5.63 Å². The number of rotatable bonds is 0. The quantitative estimate of drug-likeness (QED) is 0.583. The van der Waals surface area contributed by atoms with Crippen LogP contribution in [-0.2, 0) is 0 Å². The van der Waals surface area contributed by atoms with Crippen molar-refractivity contribution in [2.75, 3.05) is 0 Å². The minimum Gasteiger partial charge on any atom is -0.423 e. The topological polar surface area (TPSA) is 30.2 Å². The Hall–Kier alpha value is -1.28. The normalized spacial score (nSPS) is 10.4. The van der Waals surface area contributed by atoms with Crippen molar-refractivity contribution in [3.8, 4) is 0 Å². The molecule has 0 amide bonds.